The van der Waals surface area contributed by atoms with E-state index < -0.39 is 0 Å². The molecule has 0 radical (unpaired) electrons. The Morgan fingerprint density at radius 3 is 3.00 bits per heavy atom. The van der Waals surface area contributed by atoms with Crippen LogP contribution in [0.3, 0.4) is 0 Å². The number of nitrogens with zero attached hydrogens (tertiary/aromatic N) is 3. The monoisotopic (exact) mass is 362 g/mol. The van der Waals surface area contributed by atoms with Gasteiger partial charge in [0.1, 0.15) is 24.2 Å². The van der Waals surface area contributed by atoms with Crippen molar-refractivity contribution in [1.82, 2.24) is 19.8 Å². The number of nitrogens with one attached hydrogen (secondary N) is 1. The molecule has 2 unspecified atom stereocenters. The first-order valence-electron chi connectivity index (χ1n) is 8.43. The highest BCUT2D eigenvalue weighted by Crippen LogP contribution is 2.30. The number of aromatic nitrogens is 2. The Hall–Kier alpha value is -2.05. The van der Waals surface area contributed by atoms with E-state index in [0.717, 1.165) is 36.6 Å². The van der Waals surface area contributed by atoms with Gasteiger partial charge in [-0.15, -0.1) is 12.4 Å². The van der Waals surface area contributed by atoms with Gasteiger partial charge in [-0.05, 0) is 18.1 Å². The van der Waals surface area contributed by atoms with Crippen LogP contribution in [-0.2, 0) is 18.3 Å². The lowest BCUT2D eigenvalue weighted by atomic mass is 9.94. The van der Waals surface area contributed by atoms with E-state index >= 15 is 0 Å². The van der Waals surface area contributed by atoms with E-state index in [1.54, 1.807) is 6.20 Å². The molecule has 1 fully saturated rings. The molecule has 3 heterocycles. The lowest BCUT2D eigenvalue weighted by Crippen LogP contribution is -2.52. The number of hydrogen-bond acceptors (Lipinski definition) is 4. The van der Waals surface area contributed by atoms with E-state index in [1.807, 2.05) is 47.0 Å². The summed E-state index contributed by atoms with van der Waals surface area (Å²) < 4.78 is 7.80. The Morgan fingerprint density at radius 1 is 1.36 bits per heavy atom. The smallest absolute Gasteiger partial charge is 0.230 e. The van der Waals surface area contributed by atoms with Crippen molar-refractivity contribution < 1.29 is 9.53 Å². The number of aryl methyl sites for hydroxylation is 1. The fourth-order valence-electron chi connectivity index (χ4n) is 3.62. The van der Waals surface area contributed by atoms with Crippen molar-refractivity contribution in [2.24, 2.45) is 13.0 Å². The normalized spacial score (nSPS) is 22.5. The second kappa shape index (κ2) is 7.45. The van der Waals surface area contributed by atoms with E-state index in [1.165, 1.54) is 0 Å². The maximum Gasteiger partial charge on any atom is 0.230 e. The van der Waals surface area contributed by atoms with Crippen molar-refractivity contribution in [3.8, 4) is 5.75 Å². The number of fused-ring (bicyclic) bond motifs is 1. The molecule has 1 N–H and O–H groups in total. The van der Waals surface area contributed by atoms with Crippen LogP contribution in [0.5, 0.6) is 5.75 Å². The van der Waals surface area contributed by atoms with Gasteiger partial charge < -0.3 is 19.5 Å². The fraction of sp³-hybridized carbons (Fsp3) is 0.444. The quantitative estimate of drug-likeness (QED) is 0.881. The van der Waals surface area contributed by atoms with Crippen LogP contribution in [0.25, 0.3) is 0 Å². The number of halogens is 1. The van der Waals surface area contributed by atoms with Crippen LogP contribution in [0.15, 0.2) is 36.7 Å². The van der Waals surface area contributed by atoms with Gasteiger partial charge in [-0.25, -0.2) is 4.98 Å². The maximum absolute atomic E-state index is 13.2. The number of carbonyl (C=O) groups is 1. The number of benzene rings is 1. The number of piperazine rings is 1. The number of carbonyl (C=O) groups excluding carboxylic acids is 1. The molecule has 1 aromatic carbocycles. The van der Waals surface area contributed by atoms with Gasteiger partial charge in [-0.3, -0.25) is 4.79 Å². The zero-order valence-electron chi connectivity index (χ0n) is 14.2. The summed E-state index contributed by atoms with van der Waals surface area (Å²) in [6, 6.07) is 7.95. The van der Waals surface area contributed by atoms with Crippen LogP contribution in [0.1, 0.15) is 17.4 Å². The summed E-state index contributed by atoms with van der Waals surface area (Å²) in [6.45, 7) is 2.71. The molecule has 2 aromatic rings. The SMILES string of the molecule is Cl.Cn1ccnc1C1CNCCN1C(=O)C1COc2ccccc2C1. The predicted molar refractivity (Wildman–Crippen MR) is 96.9 cm³/mol. The van der Waals surface area contributed by atoms with E-state index in [9.17, 15) is 4.79 Å². The van der Waals surface area contributed by atoms with Crippen LogP contribution >= 0.6 is 12.4 Å². The van der Waals surface area contributed by atoms with Gasteiger partial charge in [0.05, 0.1) is 5.92 Å². The highest BCUT2D eigenvalue weighted by molar-refractivity contribution is 5.85. The third kappa shape index (κ3) is 3.37. The minimum Gasteiger partial charge on any atom is -0.492 e. The molecule has 2 atom stereocenters. The van der Waals surface area contributed by atoms with Crippen molar-refractivity contribution >= 4 is 18.3 Å². The topological polar surface area (TPSA) is 59.4 Å². The van der Waals surface area contributed by atoms with Gasteiger partial charge in [-0.2, -0.15) is 0 Å². The molecule has 7 heteroatoms. The largest absolute Gasteiger partial charge is 0.492 e. The molecule has 0 saturated carbocycles. The second-order valence-corrected chi connectivity index (χ2v) is 6.47. The van der Waals surface area contributed by atoms with Gasteiger partial charge in [0.15, 0.2) is 0 Å². The van der Waals surface area contributed by atoms with Crippen molar-refractivity contribution in [2.45, 2.75) is 12.5 Å². The lowest BCUT2D eigenvalue weighted by Gasteiger charge is -2.38. The van der Waals surface area contributed by atoms with Gasteiger partial charge >= 0.3 is 0 Å². The lowest BCUT2D eigenvalue weighted by molar-refractivity contribution is -0.140. The van der Waals surface area contributed by atoms with Gasteiger partial charge in [0.25, 0.3) is 0 Å². The maximum atomic E-state index is 13.2. The summed E-state index contributed by atoms with van der Waals surface area (Å²) in [7, 11) is 1.97. The fourth-order valence-corrected chi connectivity index (χ4v) is 3.62. The number of para-hydroxylation sites is 1. The summed E-state index contributed by atoms with van der Waals surface area (Å²) in [6.07, 6.45) is 4.45. The highest BCUT2D eigenvalue weighted by Gasteiger charge is 2.36. The van der Waals surface area contributed by atoms with Gasteiger partial charge in [-0.1, -0.05) is 18.2 Å². The second-order valence-electron chi connectivity index (χ2n) is 6.47. The van der Waals surface area contributed by atoms with E-state index in [-0.39, 0.29) is 30.3 Å². The van der Waals surface area contributed by atoms with Crippen molar-refractivity contribution in [3.63, 3.8) is 0 Å². The number of amides is 1. The Balaban J connectivity index is 0.00000182. The Labute approximate surface area is 153 Å². The molecule has 25 heavy (non-hydrogen) atoms. The first-order chi connectivity index (χ1) is 11.7. The summed E-state index contributed by atoms with van der Waals surface area (Å²) in [5.41, 5.74) is 1.12. The molecule has 1 amide bonds. The average Bonchev–Trinajstić information content (AvgIpc) is 3.06. The Bertz CT molecular complexity index is 748. The molecule has 2 aliphatic heterocycles. The number of hydrogen-bond donors (Lipinski definition) is 1. The zero-order valence-corrected chi connectivity index (χ0v) is 15.0. The molecule has 0 bridgehead atoms. The summed E-state index contributed by atoms with van der Waals surface area (Å²) in [5.74, 6) is 1.87. The van der Waals surface area contributed by atoms with Gasteiger partial charge in [0.2, 0.25) is 5.91 Å². The molecular weight excluding hydrogens is 340 g/mol. The molecule has 6 nitrogen and oxygen atoms in total. The van der Waals surface area contributed by atoms with Crippen LogP contribution in [0.4, 0.5) is 0 Å². The van der Waals surface area contributed by atoms with Crippen LogP contribution in [0.2, 0.25) is 0 Å². The third-order valence-electron chi connectivity index (χ3n) is 4.91. The van der Waals surface area contributed by atoms with Crippen LogP contribution in [-0.4, -0.2) is 46.6 Å². The number of imidazole rings is 1. The molecule has 4 rings (SSSR count). The number of ether oxygens (including phenoxy) is 1. The summed E-state index contributed by atoms with van der Waals surface area (Å²) in [4.78, 5) is 19.6. The molecular formula is C18H23ClN4O2. The molecule has 0 spiro atoms. The summed E-state index contributed by atoms with van der Waals surface area (Å²) >= 11 is 0. The standard InChI is InChI=1S/C18H22N4O2.ClH/c1-21-8-7-20-17(21)15-11-19-6-9-22(15)18(23)14-10-13-4-2-3-5-16(13)24-12-14;/h2-5,7-8,14-15,19H,6,9-12H2,1H3;1H. The first kappa shape index (κ1) is 17.8. The Morgan fingerprint density at radius 2 is 2.20 bits per heavy atom. The average molecular weight is 363 g/mol. The highest BCUT2D eigenvalue weighted by atomic mass is 35.5. The van der Waals surface area contributed by atoms with E-state index in [2.05, 4.69) is 10.3 Å². The Kier molecular flexibility index (Phi) is 5.30. The molecule has 1 aromatic heterocycles. The van der Waals surface area contributed by atoms with E-state index in [4.69, 9.17) is 4.74 Å². The van der Waals surface area contributed by atoms with Gasteiger partial charge in [0, 0.05) is 39.1 Å². The zero-order chi connectivity index (χ0) is 16.5. The molecule has 1 saturated heterocycles. The minimum absolute atomic E-state index is 0. The van der Waals surface area contributed by atoms with Crippen molar-refractivity contribution in [1.29, 1.82) is 0 Å². The van der Waals surface area contributed by atoms with E-state index in [0.29, 0.717) is 13.2 Å². The molecule has 134 valence electrons. The van der Waals surface area contributed by atoms with Crippen LogP contribution in [0, 0.1) is 5.92 Å². The minimum atomic E-state index is -0.124. The summed E-state index contributed by atoms with van der Waals surface area (Å²) in [5, 5.41) is 3.38. The van der Waals surface area contributed by atoms with Crippen molar-refractivity contribution in [3.05, 3.63) is 48.0 Å². The van der Waals surface area contributed by atoms with Crippen molar-refractivity contribution in [2.75, 3.05) is 26.2 Å². The number of rotatable bonds is 2. The predicted octanol–water partition coefficient (Wildman–Crippen LogP) is 1.57. The first-order valence-corrected chi connectivity index (χ1v) is 8.43. The molecule has 0 aliphatic carbocycles. The molecule has 2 aliphatic rings. The van der Waals surface area contributed by atoms with Crippen LogP contribution < -0.4 is 10.1 Å². The third-order valence-corrected chi connectivity index (χ3v) is 4.91.